The smallest absolute Gasteiger partial charge is 0.335 e. The zero-order valence-corrected chi connectivity index (χ0v) is 14.9. The van der Waals surface area contributed by atoms with Crippen LogP contribution in [-0.2, 0) is 0 Å². The molecule has 0 bridgehead atoms. The molecule has 2 aromatic carbocycles. The number of anilines is 3. The number of hydrogen-bond acceptors (Lipinski definition) is 5. The van der Waals surface area contributed by atoms with Gasteiger partial charge in [0.1, 0.15) is 0 Å². The van der Waals surface area contributed by atoms with Crippen LogP contribution in [0.25, 0.3) is 0 Å². The molecule has 3 rings (SSSR count). The van der Waals surface area contributed by atoms with E-state index >= 15 is 0 Å². The number of aromatic carboxylic acids is 1. The maximum atomic E-state index is 12.4. The number of carbonyl (C=O) groups is 2. The fourth-order valence-corrected chi connectivity index (χ4v) is 2.55. The Morgan fingerprint density at radius 2 is 1.52 bits per heavy atom. The largest absolute Gasteiger partial charge is 0.478 e. The molecule has 0 aliphatic heterocycles. The SMILES string of the molecule is Cc1cc(C)nc(Nc2ccc(C(=O)Nc3cccc(C(=O)O)c3)cc2)n1. The third-order valence-corrected chi connectivity index (χ3v) is 3.75. The second-order valence-corrected chi connectivity index (χ2v) is 6.02. The van der Waals surface area contributed by atoms with Crippen LogP contribution in [0.1, 0.15) is 32.1 Å². The molecule has 27 heavy (non-hydrogen) atoms. The van der Waals surface area contributed by atoms with Crippen molar-refractivity contribution >= 4 is 29.2 Å². The summed E-state index contributed by atoms with van der Waals surface area (Å²) in [7, 11) is 0. The zero-order valence-electron chi connectivity index (χ0n) is 14.9. The van der Waals surface area contributed by atoms with E-state index in [4.69, 9.17) is 5.11 Å². The first-order valence-electron chi connectivity index (χ1n) is 8.25. The van der Waals surface area contributed by atoms with E-state index in [9.17, 15) is 9.59 Å². The van der Waals surface area contributed by atoms with Crippen molar-refractivity contribution < 1.29 is 14.7 Å². The Bertz CT molecular complexity index is 980. The maximum absolute atomic E-state index is 12.4. The molecule has 0 saturated carbocycles. The molecule has 0 radical (unpaired) electrons. The van der Waals surface area contributed by atoms with Crippen LogP contribution in [0.5, 0.6) is 0 Å². The zero-order chi connectivity index (χ0) is 19.4. The number of aryl methyl sites for hydroxylation is 2. The lowest BCUT2D eigenvalue weighted by atomic mass is 10.1. The van der Waals surface area contributed by atoms with E-state index in [0.29, 0.717) is 17.2 Å². The number of carbonyl (C=O) groups excluding carboxylic acids is 1. The number of carboxylic acids is 1. The standard InChI is InChI=1S/C20H18N4O3/c1-12-10-13(2)22-20(21-12)24-16-8-6-14(7-9-16)18(25)23-17-5-3-4-15(11-17)19(26)27/h3-11H,1-2H3,(H,23,25)(H,26,27)(H,21,22,24). The Labute approximate surface area is 156 Å². The van der Waals surface area contributed by atoms with Crippen molar-refractivity contribution in [1.29, 1.82) is 0 Å². The van der Waals surface area contributed by atoms with E-state index in [1.165, 1.54) is 12.1 Å². The van der Waals surface area contributed by atoms with Crippen molar-refractivity contribution in [2.24, 2.45) is 0 Å². The number of aromatic nitrogens is 2. The Balaban J connectivity index is 1.70. The third-order valence-electron chi connectivity index (χ3n) is 3.75. The highest BCUT2D eigenvalue weighted by atomic mass is 16.4. The Hall–Kier alpha value is -3.74. The van der Waals surface area contributed by atoms with Gasteiger partial charge in [0.05, 0.1) is 5.56 Å². The highest BCUT2D eigenvalue weighted by molar-refractivity contribution is 6.05. The van der Waals surface area contributed by atoms with Crippen LogP contribution in [0.3, 0.4) is 0 Å². The van der Waals surface area contributed by atoms with Gasteiger partial charge in [0.2, 0.25) is 5.95 Å². The quantitative estimate of drug-likeness (QED) is 0.638. The number of hydrogen-bond donors (Lipinski definition) is 3. The van der Waals surface area contributed by atoms with E-state index in [-0.39, 0.29) is 11.5 Å². The van der Waals surface area contributed by atoms with Crippen LogP contribution < -0.4 is 10.6 Å². The van der Waals surface area contributed by atoms with E-state index in [1.54, 1.807) is 36.4 Å². The molecule has 1 heterocycles. The molecule has 0 saturated heterocycles. The predicted octanol–water partition coefficient (Wildman–Crippen LogP) is 3.79. The lowest BCUT2D eigenvalue weighted by molar-refractivity contribution is 0.0696. The summed E-state index contributed by atoms with van der Waals surface area (Å²) >= 11 is 0. The van der Waals surface area contributed by atoms with Crippen LogP contribution in [0.15, 0.2) is 54.6 Å². The van der Waals surface area contributed by atoms with Gasteiger partial charge in [-0.15, -0.1) is 0 Å². The highest BCUT2D eigenvalue weighted by Gasteiger charge is 2.09. The summed E-state index contributed by atoms with van der Waals surface area (Å²) in [4.78, 5) is 32.0. The molecule has 136 valence electrons. The molecule has 1 amide bonds. The van der Waals surface area contributed by atoms with Crippen LogP contribution in [-0.4, -0.2) is 27.0 Å². The van der Waals surface area contributed by atoms with E-state index in [0.717, 1.165) is 17.1 Å². The molecule has 0 spiro atoms. The van der Waals surface area contributed by atoms with Crippen molar-refractivity contribution in [2.45, 2.75) is 13.8 Å². The van der Waals surface area contributed by atoms with Gasteiger partial charge in [0.15, 0.2) is 0 Å². The molecular weight excluding hydrogens is 344 g/mol. The van der Waals surface area contributed by atoms with Crippen LogP contribution in [0.2, 0.25) is 0 Å². The minimum Gasteiger partial charge on any atom is -0.478 e. The summed E-state index contributed by atoms with van der Waals surface area (Å²) in [5, 5.41) is 14.8. The molecular formula is C20H18N4O3. The van der Waals surface area contributed by atoms with Crippen molar-refractivity contribution in [3.8, 4) is 0 Å². The Morgan fingerprint density at radius 1 is 0.852 bits per heavy atom. The number of benzene rings is 2. The normalized spacial score (nSPS) is 10.3. The number of nitrogens with zero attached hydrogens (tertiary/aromatic N) is 2. The molecule has 3 N–H and O–H groups in total. The molecule has 1 aromatic heterocycles. The van der Waals surface area contributed by atoms with Gasteiger partial charge in [-0.05, 0) is 62.4 Å². The van der Waals surface area contributed by atoms with Crippen molar-refractivity contribution in [1.82, 2.24) is 9.97 Å². The van der Waals surface area contributed by atoms with Gasteiger partial charge in [-0.2, -0.15) is 0 Å². The first-order chi connectivity index (χ1) is 12.9. The van der Waals surface area contributed by atoms with Gasteiger partial charge in [-0.1, -0.05) is 6.07 Å². The fourth-order valence-electron chi connectivity index (χ4n) is 2.55. The van der Waals surface area contributed by atoms with Gasteiger partial charge in [0, 0.05) is 28.3 Å². The van der Waals surface area contributed by atoms with Gasteiger partial charge >= 0.3 is 5.97 Å². The summed E-state index contributed by atoms with van der Waals surface area (Å²) in [6.07, 6.45) is 0. The van der Waals surface area contributed by atoms with Crippen molar-refractivity contribution in [3.63, 3.8) is 0 Å². The number of nitrogens with one attached hydrogen (secondary N) is 2. The van der Waals surface area contributed by atoms with Gasteiger partial charge < -0.3 is 15.7 Å². The van der Waals surface area contributed by atoms with E-state index in [2.05, 4.69) is 20.6 Å². The fraction of sp³-hybridized carbons (Fsp3) is 0.100. The predicted molar refractivity (Wildman–Crippen MR) is 103 cm³/mol. The molecule has 3 aromatic rings. The molecule has 0 aliphatic rings. The molecule has 0 atom stereocenters. The average Bonchev–Trinajstić information content (AvgIpc) is 2.61. The second kappa shape index (κ2) is 7.65. The number of amides is 1. The molecule has 7 heteroatoms. The number of carboxylic acid groups (broad SMARTS) is 1. The van der Waals surface area contributed by atoms with Crippen molar-refractivity contribution in [3.05, 3.63) is 77.1 Å². The summed E-state index contributed by atoms with van der Waals surface area (Å²) in [6.45, 7) is 3.79. The topological polar surface area (TPSA) is 104 Å². The van der Waals surface area contributed by atoms with Crippen molar-refractivity contribution in [2.75, 3.05) is 10.6 Å². The summed E-state index contributed by atoms with van der Waals surface area (Å²) < 4.78 is 0. The van der Waals surface area contributed by atoms with Gasteiger partial charge in [0.25, 0.3) is 5.91 Å². The summed E-state index contributed by atoms with van der Waals surface area (Å²) in [5.41, 5.74) is 3.47. The minimum absolute atomic E-state index is 0.112. The van der Waals surface area contributed by atoms with Crippen LogP contribution >= 0.6 is 0 Å². The molecule has 0 aliphatic carbocycles. The van der Waals surface area contributed by atoms with E-state index in [1.807, 2.05) is 19.9 Å². The van der Waals surface area contributed by atoms with Crippen LogP contribution in [0.4, 0.5) is 17.3 Å². The first kappa shape index (κ1) is 18.1. The Kier molecular flexibility index (Phi) is 5.12. The lowest BCUT2D eigenvalue weighted by Gasteiger charge is -2.09. The summed E-state index contributed by atoms with van der Waals surface area (Å²) in [5.74, 6) is -0.878. The second-order valence-electron chi connectivity index (χ2n) is 6.02. The Morgan fingerprint density at radius 3 is 2.15 bits per heavy atom. The molecule has 0 unspecified atom stereocenters. The van der Waals surface area contributed by atoms with Gasteiger partial charge in [-0.25, -0.2) is 14.8 Å². The first-order valence-corrected chi connectivity index (χ1v) is 8.25. The lowest BCUT2D eigenvalue weighted by Crippen LogP contribution is -2.12. The monoisotopic (exact) mass is 362 g/mol. The van der Waals surface area contributed by atoms with Crippen LogP contribution in [0, 0.1) is 13.8 Å². The molecule has 0 fully saturated rings. The summed E-state index contributed by atoms with van der Waals surface area (Å²) in [6, 6.07) is 14.8. The average molecular weight is 362 g/mol. The minimum atomic E-state index is -1.05. The van der Waals surface area contributed by atoms with Gasteiger partial charge in [-0.3, -0.25) is 4.79 Å². The van der Waals surface area contributed by atoms with E-state index < -0.39 is 5.97 Å². The highest BCUT2D eigenvalue weighted by Crippen LogP contribution is 2.17. The maximum Gasteiger partial charge on any atom is 0.335 e. The number of rotatable bonds is 5. The molecule has 7 nitrogen and oxygen atoms in total. The third kappa shape index (κ3) is 4.66.